The molecule has 0 saturated carbocycles. The van der Waals surface area contributed by atoms with Gasteiger partial charge in [0.25, 0.3) is 0 Å². The van der Waals surface area contributed by atoms with E-state index in [2.05, 4.69) is 4.98 Å². The summed E-state index contributed by atoms with van der Waals surface area (Å²) in [4.78, 5) is 14.3. The molecule has 1 unspecified atom stereocenters. The van der Waals surface area contributed by atoms with E-state index in [4.69, 9.17) is 9.84 Å². The van der Waals surface area contributed by atoms with Crippen LogP contribution in [0.15, 0.2) is 12.5 Å². The molecule has 2 heterocycles. The summed E-state index contributed by atoms with van der Waals surface area (Å²) in [7, 11) is 0. The molecule has 0 aromatic carbocycles. The zero-order chi connectivity index (χ0) is 9.97. The van der Waals surface area contributed by atoms with Crippen LogP contribution in [0, 0.1) is 0 Å². The number of nitrogens with zero attached hydrogens (tertiary/aromatic N) is 2. The van der Waals surface area contributed by atoms with Crippen molar-refractivity contribution in [1.82, 2.24) is 9.55 Å². The number of carboxylic acids is 1. The monoisotopic (exact) mass is 196 g/mol. The fraction of sp³-hybridized carbons (Fsp3) is 0.556. The van der Waals surface area contributed by atoms with E-state index in [-0.39, 0.29) is 11.8 Å². The molecule has 1 atom stereocenters. The molecule has 1 aromatic heterocycles. The van der Waals surface area contributed by atoms with Crippen molar-refractivity contribution in [3.05, 3.63) is 18.2 Å². The molecule has 1 N–H and O–H groups in total. The molecule has 14 heavy (non-hydrogen) atoms. The zero-order valence-electron chi connectivity index (χ0n) is 7.72. The third-order valence-corrected chi connectivity index (χ3v) is 2.29. The fourth-order valence-corrected chi connectivity index (χ4v) is 1.59. The van der Waals surface area contributed by atoms with Gasteiger partial charge < -0.3 is 14.4 Å². The van der Waals surface area contributed by atoms with Crippen LogP contribution in [0.25, 0.3) is 0 Å². The molecule has 0 amide bonds. The molecule has 2 rings (SSSR count). The number of hydrogen-bond donors (Lipinski definition) is 1. The first-order valence-corrected chi connectivity index (χ1v) is 4.62. The molecule has 0 spiro atoms. The van der Waals surface area contributed by atoms with Gasteiger partial charge in [-0.15, -0.1) is 0 Å². The Morgan fingerprint density at radius 2 is 2.64 bits per heavy atom. The topological polar surface area (TPSA) is 64.3 Å². The Balaban J connectivity index is 1.98. The Hall–Kier alpha value is -1.36. The van der Waals surface area contributed by atoms with Crippen LogP contribution in [-0.2, 0) is 11.3 Å². The Labute approximate surface area is 81.3 Å². The summed E-state index contributed by atoms with van der Waals surface area (Å²) in [5, 5.41) is 8.65. The molecule has 1 aromatic rings. The van der Waals surface area contributed by atoms with Crippen LogP contribution in [0.2, 0.25) is 0 Å². The second kappa shape index (κ2) is 3.79. The van der Waals surface area contributed by atoms with E-state index in [0.717, 1.165) is 19.4 Å². The maximum Gasteiger partial charge on any atom is 0.356 e. The first kappa shape index (κ1) is 9.21. The SMILES string of the molecule is O=C(O)c1cn(CC2CCCO2)cn1. The van der Waals surface area contributed by atoms with Crippen LogP contribution in [0.4, 0.5) is 0 Å². The summed E-state index contributed by atoms with van der Waals surface area (Å²) in [6.07, 6.45) is 5.41. The van der Waals surface area contributed by atoms with Crippen LogP contribution in [0.1, 0.15) is 23.3 Å². The third kappa shape index (κ3) is 1.93. The number of aromatic nitrogens is 2. The molecule has 0 aliphatic carbocycles. The lowest BCUT2D eigenvalue weighted by atomic mass is 10.2. The van der Waals surface area contributed by atoms with Gasteiger partial charge in [-0.05, 0) is 12.8 Å². The number of ether oxygens (including phenoxy) is 1. The summed E-state index contributed by atoms with van der Waals surface area (Å²) in [5.74, 6) is -0.990. The van der Waals surface area contributed by atoms with Crippen LogP contribution < -0.4 is 0 Å². The fourth-order valence-electron chi connectivity index (χ4n) is 1.59. The Morgan fingerprint density at radius 1 is 1.79 bits per heavy atom. The van der Waals surface area contributed by atoms with E-state index < -0.39 is 5.97 Å². The van der Waals surface area contributed by atoms with Crippen molar-refractivity contribution in [2.75, 3.05) is 6.61 Å². The number of hydrogen-bond acceptors (Lipinski definition) is 3. The summed E-state index contributed by atoms with van der Waals surface area (Å²) in [6, 6.07) is 0. The molecule has 5 nitrogen and oxygen atoms in total. The quantitative estimate of drug-likeness (QED) is 0.775. The van der Waals surface area contributed by atoms with Crippen molar-refractivity contribution in [2.45, 2.75) is 25.5 Å². The van der Waals surface area contributed by atoms with Gasteiger partial charge >= 0.3 is 5.97 Å². The van der Waals surface area contributed by atoms with E-state index in [9.17, 15) is 4.79 Å². The number of aromatic carboxylic acids is 1. The summed E-state index contributed by atoms with van der Waals surface area (Å²) < 4.78 is 7.19. The first-order valence-electron chi connectivity index (χ1n) is 4.62. The van der Waals surface area contributed by atoms with Crippen molar-refractivity contribution in [2.24, 2.45) is 0 Å². The van der Waals surface area contributed by atoms with Gasteiger partial charge in [-0.3, -0.25) is 0 Å². The molecule has 0 bridgehead atoms. The molecular formula is C9H12N2O3. The Morgan fingerprint density at radius 3 is 3.21 bits per heavy atom. The smallest absolute Gasteiger partial charge is 0.356 e. The van der Waals surface area contributed by atoms with E-state index in [1.807, 2.05) is 0 Å². The van der Waals surface area contributed by atoms with Gasteiger partial charge in [0.2, 0.25) is 0 Å². The minimum absolute atomic E-state index is 0.0861. The van der Waals surface area contributed by atoms with E-state index in [1.165, 1.54) is 12.5 Å². The average Bonchev–Trinajstić information content (AvgIpc) is 2.75. The van der Waals surface area contributed by atoms with Gasteiger partial charge in [0.1, 0.15) is 0 Å². The summed E-state index contributed by atoms with van der Waals surface area (Å²) >= 11 is 0. The standard InChI is InChI=1S/C9H12N2O3/c12-9(13)8-5-11(6-10-8)4-7-2-1-3-14-7/h5-7H,1-4H2,(H,12,13). The van der Waals surface area contributed by atoms with E-state index >= 15 is 0 Å². The Bertz CT molecular complexity index is 329. The van der Waals surface area contributed by atoms with Gasteiger partial charge in [-0.25, -0.2) is 9.78 Å². The second-order valence-corrected chi connectivity index (χ2v) is 3.40. The summed E-state index contributed by atoms with van der Waals surface area (Å²) in [5.41, 5.74) is 0.0861. The lowest BCUT2D eigenvalue weighted by molar-refractivity contribution is 0.0690. The van der Waals surface area contributed by atoms with Gasteiger partial charge in [-0.2, -0.15) is 0 Å². The molecule has 76 valence electrons. The molecule has 1 aliphatic heterocycles. The first-order chi connectivity index (χ1) is 6.75. The highest BCUT2D eigenvalue weighted by molar-refractivity contribution is 5.84. The molecule has 0 radical (unpaired) electrons. The maximum absolute atomic E-state index is 10.5. The van der Waals surface area contributed by atoms with Gasteiger partial charge in [0.05, 0.1) is 12.4 Å². The molecule has 5 heteroatoms. The second-order valence-electron chi connectivity index (χ2n) is 3.40. The average molecular weight is 196 g/mol. The van der Waals surface area contributed by atoms with Crippen LogP contribution in [-0.4, -0.2) is 33.3 Å². The highest BCUT2D eigenvalue weighted by Crippen LogP contribution is 2.13. The number of carbonyl (C=O) groups is 1. The van der Waals surface area contributed by atoms with Crippen molar-refractivity contribution in [1.29, 1.82) is 0 Å². The molecular weight excluding hydrogens is 184 g/mol. The lowest BCUT2D eigenvalue weighted by Gasteiger charge is -2.08. The minimum atomic E-state index is -0.990. The highest BCUT2D eigenvalue weighted by atomic mass is 16.5. The van der Waals surface area contributed by atoms with Gasteiger partial charge in [-0.1, -0.05) is 0 Å². The molecule has 1 aliphatic rings. The maximum atomic E-state index is 10.5. The predicted octanol–water partition coefficient (Wildman–Crippen LogP) is 0.760. The number of rotatable bonds is 3. The van der Waals surface area contributed by atoms with Gasteiger partial charge in [0, 0.05) is 19.3 Å². The van der Waals surface area contributed by atoms with Crippen LogP contribution in [0.3, 0.4) is 0 Å². The highest BCUT2D eigenvalue weighted by Gasteiger charge is 2.16. The van der Waals surface area contributed by atoms with Crippen molar-refractivity contribution >= 4 is 5.97 Å². The number of imidazole rings is 1. The molecule has 1 saturated heterocycles. The summed E-state index contributed by atoms with van der Waals surface area (Å²) in [6.45, 7) is 1.51. The van der Waals surface area contributed by atoms with Gasteiger partial charge in [0.15, 0.2) is 5.69 Å². The van der Waals surface area contributed by atoms with Crippen molar-refractivity contribution in [3.63, 3.8) is 0 Å². The Kier molecular flexibility index (Phi) is 2.49. The predicted molar refractivity (Wildman–Crippen MR) is 48.2 cm³/mol. The van der Waals surface area contributed by atoms with Crippen molar-refractivity contribution in [3.8, 4) is 0 Å². The largest absolute Gasteiger partial charge is 0.476 e. The van der Waals surface area contributed by atoms with Crippen LogP contribution >= 0.6 is 0 Å². The molecule has 1 fully saturated rings. The number of carboxylic acid groups (broad SMARTS) is 1. The van der Waals surface area contributed by atoms with Crippen molar-refractivity contribution < 1.29 is 14.6 Å². The normalized spacial score (nSPS) is 21.3. The van der Waals surface area contributed by atoms with Crippen LogP contribution in [0.5, 0.6) is 0 Å². The van der Waals surface area contributed by atoms with E-state index in [1.54, 1.807) is 4.57 Å². The third-order valence-electron chi connectivity index (χ3n) is 2.29. The lowest BCUT2D eigenvalue weighted by Crippen LogP contribution is -2.13. The minimum Gasteiger partial charge on any atom is -0.476 e. The van der Waals surface area contributed by atoms with E-state index in [0.29, 0.717) is 6.54 Å². The zero-order valence-corrected chi connectivity index (χ0v) is 7.72.